The lowest BCUT2D eigenvalue weighted by atomic mass is 10.4. The Labute approximate surface area is 43.5 Å². The molecule has 2 nitrogen and oxygen atoms in total. The van der Waals surface area contributed by atoms with Gasteiger partial charge in [0.1, 0.15) is 5.76 Å². The summed E-state index contributed by atoms with van der Waals surface area (Å²) in [5, 5.41) is 3.55. The van der Waals surface area contributed by atoms with Gasteiger partial charge in [0.05, 0.1) is 7.06 Å². The Morgan fingerprint density at radius 1 is 1.86 bits per heavy atom. The van der Waals surface area contributed by atoms with E-state index < -0.39 is 0 Å². The second-order valence-corrected chi connectivity index (χ2v) is 1.45. The van der Waals surface area contributed by atoms with Crippen molar-refractivity contribution in [2.45, 2.75) is 13.8 Å². The summed E-state index contributed by atoms with van der Waals surface area (Å²) in [4.78, 5) is 0. The van der Waals surface area contributed by atoms with Crippen molar-refractivity contribution in [1.82, 2.24) is 5.16 Å². The van der Waals surface area contributed by atoms with Crippen molar-refractivity contribution >= 4 is 0 Å². The molecule has 38 valence electrons. The smallest absolute Gasteiger partial charge is 0.133 e. The molecule has 0 N–H and O–H groups in total. The first kappa shape index (κ1) is 3.24. The molecule has 0 unspecified atom stereocenters. The predicted octanol–water partition coefficient (Wildman–Crippen LogP) is 1.29. The van der Waals surface area contributed by atoms with E-state index in [1.807, 2.05) is 0 Å². The highest BCUT2D eigenvalue weighted by Gasteiger charge is 1.88. The van der Waals surface area contributed by atoms with E-state index in [0.717, 1.165) is 0 Å². The van der Waals surface area contributed by atoms with Crippen LogP contribution in [0.25, 0.3) is 0 Å². The third-order valence-corrected chi connectivity index (χ3v) is 0.676. The van der Waals surface area contributed by atoms with Gasteiger partial charge < -0.3 is 4.52 Å². The molecule has 0 atom stereocenters. The summed E-state index contributed by atoms with van der Waals surface area (Å²) < 4.78 is 11.8. The SMILES string of the molecule is [2H]c1c(C)noc1C. The van der Waals surface area contributed by atoms with Gasteiger partial charge in [-0.25, -0.2) is 0 Å². The third kappa shape index (κ3) is 0.796. The van der Waals surface area contributed by atoms with Crippen LogP contribution in [0.15, 0.2) is 10.6 Å². The molecule has 0 saturated carbocycles. The molecule has 1 aromatic heterocycles. The van der Waals surface area contributed by atoms with Crippen LogP contribution in [-0.2, 0) is 0 Å². The van der Waals surface area contributed by atoms with Crippen LogP contribution in [0, 0.1) is 13.8 Å². The summed E-state index contributed by atoms with van der Waals surface area (Å²) in [6.07, 6.45) is 0. The molecule has 0 amide bonds. The Kier molecular flexibility index (Phi) is 0.635. The number of rotatable bonds is 0. The minimum Gasteiger partial charge on any atom is -0.361 e. The topological polar surface area (TPSA) is 26.0 Å². The maximum Gasteiger partial charge on any atom is 0.133 e. The molecule has 1 heterocycles. The molecule has 0 spiro atoms. The fourth-order valence-electron chi connectivity index (χ4n) is 0.437. The zero-order valence-electron chi connectivity index (χ0n) is 5.36. The average molecular weight is 98.1 g/mol. The molecule has 2 heteroatoms. The molecule has 0 saturated heterocycles. The quantitative estimate of drug-likeness (QED) is 0.488. The molecule has 0 fully saturated rings. The lowest BCUT2D eigenvalue weighted by molar-refractivity contribution is 0.393. The number of hydrogen-bond acceptors (Lipinski definition) is 2. The van der Waals surface area contributed by atoms with Crippen molar-refractivity contribution < 1.29 is 5.89 Å². The van der Waals surface area contributed by atoms with Gasteiger partial charge in [-0.15, -0.1) is 0 Å². The van der Waals surface area contributed by atoms with Crippen molar-refractivity contribution in [1.29, 1.82) is 0 Å². The van der Waals surface area contributed by atoms with Gasteiger partial charge >= 0.3 is 0 Å². The van der Waals surface area contributed by atoms with Crippen LogP contribution in [0.1, 0.15) is 12.8 Å². The van der Waals surface area contributed by atoms with Gasteiger partial charge in [-0.1, -0.05) is 5.16 Å². The van der Waals surface area contributed by atoms with E-state index in [9.17, 15) is 0 Å². The van der Waals surface area contributed by atoms with Gasteiger partial charge in [0.15, 0.2) is 0 Å². The van der Waals surface area contributed by atoms with Crippen molar-refractivity contribution in [3.63, 3.8) is 0 Å². The first-order valence-corrected chi connectivity index (χ1v) is 2.11. The highest BCUT2D eigenvalue weighted by atomic mass is 16.5. The summed E-state index contributed by atoms with van der Waals surface area (Å²) in [6, 6.07) is 0.407. The zero-order valence-corrected chi connectivity index (χ0v) is 4.36. The highest BCUT2D eigenvalue weighted by Crippen LogP contribution is 1.96. The molecule has 0 aliphatic carbocycles. The average Bonchev–Trinajstić information content (AvgIpc) is 1.98. The predicted molar refractivity (Wildman–Crippen MR) is 26.0 cm³/mol. The van der Waals surface area contributed by atoms with E-state index >= 15 is 0 Å². The van der Waals surface area contributed by atoms with E-state index in [-0.39, 0.29) is 0 Å². The van der Waals surface area contributed by atoms with Crippen molar-refractivity contribution in [3.8, 4) is 0 Å². The Balaban J connectivity index is 3.19. The van der Waals surface area contributed by atoms with Gasteiger partial charge in [-0.2, -0.15) is 0 Å². The second-order valence-electron chi connectivity index (χ2n) is 1.45. The number of aromatic nitrogens is 1. The van der Waals surface area contributed by atoms with Gasteiger partial charge in [-0.3, -0.25) is 0 Å². The molecule has 0 aliphatic rings. The Bertz CT molecular complexity index is 175. The zero-order chi connectivity index (χ0) is 6.15. The van der Waals surface area contributed by atoms with Crippen LogP contribution in [0.2, 0.25) is 0 Å². The standard InChI is InChI=1S/C5H7NO/c1-4-3-5(2)7-6-4/h3H,1-2H3/i3D. The Hall–Kier alpha value is -0.790. The van der Waals surface area contributed by atoms with Gasteiger partial charge in [0.25, 0.3) is 0 Å². The molecule has 7 heavy (non-hydrogen) atoms. The summed E-state index contributed by atoms with van der Waals surface area (Å²) in [6.45, 7) is 3.47. The third-order valence-electron chi connectivity index (χ3n) is 0.676. The monoisotopic (exact) mass is 98.1 g/mol. The largest absolute Gasteiger partial charge is 0.361 e. The minimum absolute atomic E-state index is 0.407. The van der Waals surface area contributed by atoms with E-state index in [1.54, 1.807) is 13.8 Å². The molecular formula is C5H7NO. The maximum atomic E-state index is 7.17. The molecule has 1 rings (SSSR count). The van der Waals surface area contributed by atoms with Gasteiger partial charge in [0.2, 0.25) is 0 Å². The molecular weight excluding hydrogens is 90.1 g/mol. The molecule has 0 aromatic carbocycles. The van der Waals surface area contributed by atoms with Crippen LogP contribution in [0.4, 0.5) is 0 Å². The van der Waals surface area contributed by atoms with E-state index in [4.69, 9.17) is 1.37 Å². The summed E-state index contributed by atoms with van der Waals surface area (Å²) in [5.74, 6) is 0.586. The van der Waals surface area contributed by atoms with Crippen molar-refractivity contribution in [2.24, 2.45) is 0 Å². The Morgan fingerprint density at radius 3 is 2.71 bits per heavy atom. The minimum atomic E-state index is 0.407. The van der Waals surface area contributed by atoms with Crippen molar-refractivity contribution in [3.05, 3.63) is 17.5 Å². The van der Waals surface area contributed by atoms with E-state index in [0.29, 0.717) is 17.5 Å². The fraction of sp³-hybridized carbons (Fsp3) is 0.400. The summed E-state index contributed by atoms with van der Waals surface area (Å²) >= 11 is 0. The van der Waals surface area contributed by atoms with Crippen LogP contribution in [0.5, 0.6) is 0 Å². The molecule has 0 bridgehead atoms. The lowest BCUT2D eigenvalue weighted by Crippen LogP contribution is -1.59. The first-order valence-electron chi connectivity index (χ1n) is 2.61. The molecule has 0 aliphatic heterocycles. The normalized spacial score (nSPS) is 11.4. The van der Waals surface area contributed by atoms with Crippen LogP contribution in [0.3, 0.4) is 0 Å². The maximum absolute atomic E-state index is 7.17. The fourth-order valence-corrected chi connectivity index (χ4v) is 0.437. The number of aryl methyl sites for hydroxylation is 2. The van der Waals surface area contributed by atoms with Crippen molar-refractivity contribution in [2.75, 3.05) is 0 Å². The summed E-state index contributed by atoms with van der Waals surface area (Å²) in [7, 11) is 0. The van der Waals surface area contributed by atoms with Gasteiger partial charge in [0, 0.05) is 6.04 Å². The van der Waals surface area contributed by atoms with Gasteiger partial charge in [-0.05, 0) is 13.8 Å². The lowest BCUT2D eigenvalue weighted by Gasteiger charge is -1.65. The Morgan fingerprint density at radius 2 is 2.57 bits per heavy atom. The first-order chi connectivity index (χ1) is 3.72. The van der Waals surface area contributed by atoms with Crippen LogP contribution >= 0.6 is 0 Å². The highest BCUT2D eigenvalue weighted by molar-refractivity contribution is 4.99. The summed E-state index contributed by atoms with van der Waals surface area (Å²) in [5.41, 5.74) is 0.655. The number of hydrogen-bond donors (Lipinski definition) is 0. The van der Waals surface area contributed by atoms with E-state index in [1.165, 1.54) is 0 Å². The second kappa shape index (κ2) is 1.37. The van der Waals surface area contributed by atoms with Crippen LogP contribution < -0.4 is 0 Å². The van der Waals surface area contributed by atoms with E-state index in [2.05, 4.69) is 9.68 Å². The molecule has 0 radical (unpaired) electrons. The number of nitrogens with zero attached hydrogens (tertiary/aromatic N) is 1. The van der Waals surface area contributed by atoms with Crippen LogP contribution in [-0.4, -0.2) is 5.16 Å². The molecule has 1 aromatic rings.